The van der Waals surface area contributed by atoms with E-state index in [0.717, 1.165) is 5.75 Å². The zero-order valence-electron chi connectivity index (χ0n) is 11.5. The van der Waals surface area contributed by atoms with Crippen molar-refractivity contribution >= 4 is 0 Å². The van der Waals surface area contributed by atoms with E-state index in [9.17, 15) is 5.11 Å². The Morgan fingerprint density at radius 1 is 1.11 bits per heavy atom. The van der Waals surface area contributed by atoms with Gasteiger partial charge in [0.05, 0.1) is 6.10 Å². The van der Waals surface area contributed by atoms with Crippen molar-refractivity contribution in [3.63, 3.8) is 0 Å². The molecule has 3 heteroatoms. The van der Waals surface area contributed by atoms with Crippen molar-refractivity contribution in [3.8, 4) is 11.6 Å². The van der Waals surface area contributed by atoms with Crippen LogP contribution in [0.4, 0.5) is 0 Å². The molecule has 0 radical (unpaired) electrons. The minimum atomic E-state index is -0.600. The zero-order chi connectivity index (χ0) is 13.8. The number of benzene rings is 1. The molecule has 0 bridgehead atoms. The third-order valence-corrected chi connectivity index (χ3v) is 2.99. The summed E-state index contributed by atoms with van der Waals surface area (Å²) in [5, 5.41) is 9.71. The summed E-state index contributed by atoms with van der Waals surface area (Å²) in [6.07, 6.45) is 1.06. The fourth-order valence-electron chi connectivity index (χ4n) is 1.86. The summed E-state index contributed by atoms with van der Waals surface area (Å²) in [6.45, 7) is 5.98. The number of pyridine rings is 1. The summed E-state index contributed by atoms with van der Waals surface area (Å²) in [4.78, 5) is 4.19. The largest absolute Gasteiger partial charge is 0.439 e. The quantitative estimate of drug-likeness (QED) is 0.898. The van der Waals surface area contributed by atoms with Crippen LogP contribution in [0.1, 0.15) is 43.9 Å². The van der Waals surface area contributed by atoms with Gasteiger partial charge in [0.1, 0.15) is 5.75 Å². The van der Waals surface area contributed by atoms with Crippen LogP contribution in [0.15, 0.2) is 42.6 Å². The molecule has 1 aromatic heterocycles. The van der Waals surface area contributed by atoms with Crippen LogP contribution in [-0.4, -0.2) is 10.1 Å². The first-order chi connectivity index (χ1) is 9.08. The van der Waals surface area contributed by atoms with Crippen LogP contribution < -0.4 is 4.74 Å². The molecule has 2 rings (SSSR count). The van der Waals surface area contributed by atoms with E-state index in [1.54, 1.807) is 19.2 Å². The van der Waals surface area contributed by atoms with Crippen LogP contribution in [0.2, 0.25) is 0 Å². The lowest BCUT2D eigenvalue weighted by Crippen LogP contribution is -1.98. The Morgan fingerprint density at radius 3 is 2.58 bits per heavy atom. The number of rotatable bonds is 4. The van der Waals surface area contributed by atoms with Gasteiger partial charge in [0.15, 0.2) is 0 Å². The highest BCUT2D eigenvalue weighted by Crippen LogP contribution is 2.28. The highest BCUT2D eigenvalue weighted by molar-refractivity contribution is 5.36. The van der Waals surface area contributed by atoms with Gasteiger partial charge in [-0.15, -0.1) is 0 Å². The molecule has 0 amide bonds. The molecule has 0 aliphatic heterocycles. The molecule has 19 heavy (non-hydrogen) atoms. The van der Waals surface area contributed by atoms with E-state index in [1.807, 2.05) is 24.3 Å². The van der Waals surface area contributed by atoms with Crippen LogP contribution in [0, 0.1) is 0 Å². The Balaban J connectivity index is 2.29. The Kier molecular flexibility index (Phi) is 4.17. The molecule has 100 valence electrons. The van der Waals surface area contributed by atoms with Gasteiger partial charge in [-0.3, -0.25) is 0 Å². The predicted molar refractivity (Wildman–Crippen MR) is 75.5 cm³/mol. The van der Waals surface area contributed by atoms with E-state index in [1.165, 1.54) is 5.56 Å². The van der Waals surface area contributed by atoms with Crippen LogP contribution in [0.25, 0.3) is 0 Å². The van der Waals surface area contributed by atoms with Gasteiger partial charge in [-0.2, -0.15) is 0 Å². The third kappa shape index (κ3) is 3.32. The van der Waals surface area contributed by atoms with Gasteiger partial charge in [0.25, 0.3) is 0 Å². The molecule has 0 spiro atoms. The molecule has 3 nitrogen and oxygen atoms in total. The molecule has 0 aliphatic rings. The second-order valence-corrected chi connectivity index (χ2v) is 4.90. The van der Waals surface area contributed by atoms with Gasteiger partial charge in [-0.1, -0.05) is 26.0 Å². The van der Waals surface area contributed by atoms with E-state index >= 15 is 0 Å². The first-order valence-electron chi connectivity index (χ1n) is 6.48. The van der Waals surface area contributed by atoms with Gasteiger partial charge in [0, 0.05) is 11.8 Å². The summed E-state index contributed by atoms with van der Waals surface area (Å²) in [7, 11) is 0. The van der Waals surface area contributed by atoms with Crippen LogP contribution in [0.5, 0.6) is 11.6 Å². The van der Waals surface area contributed by atoms with Crippen LogP contribution in [0.3, 0.4) is 0 Å². The fraction of sp³-hybridized carbons (Fsp3) is 0.312. The molecule has 1 heterocycles. The van der Waals surface area contributed by atoms with Crippen molar-refractivity contribution in [1.82, 2.24) is 4.98 Å². The third-order valence-electron chi connectivity index (χ3n) is 2.99. The molecule has 1 aromatic carbocycles. The Labute approximate surface area is 113 Å². The SMILES string of the molecule is CC(C)c1cccc(Oc2ncccc2[C@@H](C)O)c1. The lowest BCUT2D eigenvalue weighted by atomic mass is 10.0. The fourth-order valence-corrected chi connectivity index (χ4v) is 1.86. The Morgan fingerprint density at radius 2 is 1.89 bits per heavy atom. The first kappa shape index (κ1) is 13.6. The van der Waals surface area contributed by atoms with Crippen molar-refractivity contribution in [1.29, 1.82) is 0 Å². The zero-order valence-corrected chi connectivity index (χ0v) is 11.5. The van der Waals surface area contributed by atoms with Crippen molar-refractivity contribution in [2.75, 3.05) is 0 Å². The average molecular weight is 257 g/mol. The molecular formula is C16H19NO2. The van der Waals surface area contributed by atoms with Crippen molar-refractivity contribution in [3.05, 3.63) is 53.7 Å². The van der Waals surface area contributed by atoms with Gasteiger partial charge in [-0.05, 0) is 42.7 Å². The predicted octanol–water partition coefficient (Wildman–Crippen LogP) is 4.05. The lowest BCUT2D eigenvalue weighted by molar-refractivity contribution is 0.194. The van der Waals surface area contributed by atoms with E-state index in [2.05, 4.69) is 24.9 Å². The van der Waals surface area contributed by atoms with Crippen molar-refractivity contribution < 1.29 is 9.84 Å². The van der Waals surface area contributed by atoms with Crippen molar-refractivity contribution in [2.45, 2.75) is 32.8 Å². The van der Waals surface area contributed by atoms with Gasteiger partial charge in [0.2, 0.25) is 5.88 Å². The lowest BCUT2D eigenvalue weighted by Gasteiger charge is -2.13. The van der Waals surface area contributed by atoms with Crippen LogP contribution in [-0.2, 0) is 0 Å². The van der Waals surface area contributed by atoms with Gasteiger partial charge >= 0.3 is 0 Å². The van der Waals surface area contributed by atoms with Crippen LogP contribution >= 0.6 is 0 Å². The molecule has 0 aliphatic carbocycles. The molecule has 1 N–H and O–H groups in total. The Bertz CT molecular complexity index is 550. The van der Waals surface area contributed by atoms with E-state index < -0.39 is 6.10 Å². The second kappa shape index (κ2) is 5.85. The molecule has 0 unspecified atom stereocenters. The Hall–Kier alpha value is -1.87. The minimum Gasteiger partial charge on any atom is -0.439 e. The molecule has 0 saturated heterocycles. The number of aliphatic hydroxyl groups is 1. The summed E-state index contributed by atoms with van der Waals surface area (Å²) in [5.74, 6) is 1.65. The number of nitrogens with zero attached hydrogens (tertiary/aromatic N) is 1. The molecular weight excluding hydrogens is 238 g/mol. The molecule has 2 aromatic rings. The maximum absolute atomic E-state index is 9.71. The number of aromatic nitrogens is 1. The molecule has 0 saturated carbocycles. The maximum atomic E-state index is 9.71. The topological polar surface area (TPSA) is 42.4 Å². The second-order valence-electron chi connectivity index (χ2n) is 4.90. The first-order valence-corrected chi connectivity index (χ1v) is 6.48. The summed E-state index contributed by atoms with van der Waals surface area (Å²) in [5.41, 5.74) is 1.91. The monoisotopic (exact) mass is 257 g/mol. The van der Waals surface area contributed by atoms with E-state index in [4.69, 9.17) is 4.74 Å². The molecule has 1 atom stereocenters. The van der Waals surface area contributed by atoms with Crippen molar-refractivity contribution in [2.24, 2.45) is 0 Å². The number of hydrogen-bond donors (Lipinski definition) is 1. The summed E-state index contributed by atoms with van der Waals surface area (Å²) < 4.78 is 5.79. The molecule has 0 fully saturated rings. The van der Waals surface area contributed by atoms with E-state index in [-0.39, 0.29) is 0 Å². The van der Waals surface area contributed by atoms with Gasteiger partial charge in [-0.25, -0.2) is 4.98 Å². The average Bonchev–Trinajstić information content (AvgIpc) is 2.39. The minimum absolute atomic E-state index is 0.448. The smallest absolute Gasteiger partial charge is 0.225 e. The summed E-state index contributed by atoms with van der Waals surface area (Å²) in [6, 6.07) is 11.6. The number of hydrogen-bond acceptors (Lipinski definition) is 3. The number of aliphatic hydroxyl groups excluding tert-OH is 1. The normalized spacial score (nSPS) is 12.5. The highest BCUT2D eigenvalue weighted by Gasteiger charge is 2.11. The van der Waals surface area contributed by atoms with Gasteiger partial charge < -0.3 is 9.84 Å². The summed E-state index contributed by atoms with van der Waals surface area (Å²) >= 11 is 0. The van der Waals surface area contributed by atoms with E-state index in [0.29, 0.717) is 17.4 Å². The maximum Gasteiger partial charge on any atom is 0.225 e. The standard InChI is InChI=1S/C16H19NO2/c1-11(2)13-6-4-7-14(10-13)19-16-15(12(3)18)8-5-9-17-16/h4-12,18H,1-3H3/t12-/m1/s1. The number of ether oxygens (including phenoxy) is 1. The highest BCUT2D eigenvalue weighted by atomic mass is 16.5.